The highest BCUT2D eigenvalue weighted by atomic mass is 16.5. The second-order valence-electron chi connectivity index (χ2n) is 2.80. The number of hydrogen-bond donors (Lipinski definition) is 0. The van der Waals surface area contributed by atoms with E-state index >= 15 is 0 Å². The number of methoxy groups -OCH3 is 1. The van der Waals surface area contributed by atoms with Crippen molar-refractivity contribution in [1.82, 2.24) is 0 Å². The highest BCUT2D eigenvalue weighted by molar-refractivity contribution is 5.94. The summed E-state index contributed by atoms with van der Waals surface area (Å²) in [6, 6.07) is 5.49. The first-order valence-corrected chi connectivity index (χ1v) is 3.80. The highest BCUT2D eigenvalue weighted by Crippen LogP contribution is 2.16. The minimum absolute atomic E-state index is 0.0667. The third kappa shape index (κ3) is 1.84. The smallest absolute Gasteiger partial charge is 0.159 e. The lowest BCUT2D eigenvalue weighted by atomic mass is 10.1. The quantitative estimate of drug-likeness (QED) is 0.626. The van der Waals surface area contributed by atoms with Crippen LogP contribution in [-0.2, 0) is 0 Å². The molecule has 0 amide bonds. The Hall–Kier alpha value is -1.31. The number of ketones is 1. The first kappa shape index (κ1) is 8.78. The Bertz CT molecular complexity index is 303. The molecule has 2 nitrogen and oxygen atoms in total. The molecule has 0 N–H and O–H groups in total. The summed E-state index contributed by atoms with van der Waals surface area (Å²) in [5, 5.41) is 0. The number of rotatable bonds is 2. The van der Waals surface area contributed by atoms with Crippen LogP contribution in [0.5, 0.6) is 5.75 Å². The van der Waals surface area contributed by atoms with E-state index in [9.17, 15) is 4.79 Å². The molecule has 0 saturated heterocycles. The van der Waals surface area contributed by atoms with E-state index in [2.05, 4.69) is 0 Å². The van der Waals surface area contributed by atoms with Crippen LogP contribution in [0.15, 0.2) is 18.2 Å². The van der Waals surface area contributed by atoms with Crippen LogP contribution in [0.4, 0.5) is 0 Å². The van der Waals surface area contributed by atoms with Gasteiger partial charge in [0, 0.05) is 5.56 Å². The van der Waals surface area contributed by atoms with Crippen molar-refractivity contribution in [1.29, 1.82) is 0 Å². The molecule has 0 radical (unpaired) electrons. The van der Waals surface area contributed by atoms with E-state index in [1.807, 2.05) is 19.1 Å². The molecule has 0 aliphatic rings. The van der Waals surface area contributed by atoms with Gasteiger partial charge in [0.05, 0.1) is 7.11 Å². The van der Waals surface area contributed by atoms with E-state index < -0.39 is 0 Å². The number of carbonyl (C=O) groups is 1. The molecular formula is C10H12O2. The van der Waals surface area contributed by atoms with Crippen LogP contribution in [0.25, 0.3) is 0 Å². The first-order chi connectivity index (χ1) is 5.63. The second kappa shape index (κ2) is 3.39. The minimum atomic E-state index is 0.0667. The third-order valence-corrected chi connectivity index (χ3v) is 1.69. The zero-order valence-electron chi connectivity index (χ0n) is 7.55. The van der Waals surface area contributed by atoms with Gasteiger partial charge in [-0.1, -0.05) is 0 Å². The Labute approximate surface area is 72.2 Å². The number of carbonyl (C=O) groups excluding carboxylic acids is 1. The first-order valence-electron chi connectivity index (χ1n) is 3.80. The van der Waals surface area contributed by atoms with Crippen molar-refractivity contribution >= 4 is 5.78 Å². The van der Waals surface area contributed by atoms with E-state index in [4.69, 9.17) is 4.74 Å². The van der Waals surface area contributed by atoms with Gasteiger partial charge in [-0.2, -0.15) is 0 Å². The van der Waals surface area contributed by atoms with Gasteiger partial charge in [-0.25, -0.2) is 0 Å². The van der Waals surface area contributed by atoms with Gasteiger partial charge in [0.1, 0.15) is 5.75 Å². The predicted octanol–water partition coefficient (Wildman–Crippen LogP) is 2.21. The predicted molar refractivity (Wildman–Crippen MR) is 47.7 cm³/mol. The van der Waals surface area contributed by atoms with Crippen molar-refractivity contribution in [3.8, 4) is 5.75 Å². The molecule has 0 spiro atoms. The highest BCUT2D eigenvalue weighted by Gasteiger charge is 2.01. The van der Waals surface area contributed by atoms with Crippen LogP contribution in [-0.4, -0.2) is 12.9 Å². The summed E-state index contributed by atoms with van der Waals surface area (Å²) in [6.45, 7) is 3.49. The summed E-state index contributed by atoms with van der Waals surface area (Å²) < 4.78 is 5.03. The molecule has 12 heavy (non-hydrogen) atoms. The van der Waals surface area contributed by atoms with Gasteiger partial charge in [-0.3, -0.25) is 4.79 Å². The Kier molecular flexibility index (Phi) is 2.48. The topological polar surface area (TPSA) is 26.3 Å². The molecule has 0 atom stereocenters. The summed E-state index contributed by atoms with van der Waals surface area (Å²) in [5.41, 5.74) is 1.74. The van der Waals surface area contributed by atoms with Crippen molar-refractivity contribution in [3.63, 3.8) is 0 Å². The second-order valence-corrected chi connectivity index (χ2v) is 2.80. The number of hydrogen-bond acceptors (Lipinski definition) is 2. The third-order valence-electron chi connectivity index (χ3n) is 1.69. The molecular weight excluding hydrogens is 152 g/mol. The largest absolute Gasteiger partial charge is 0.497 e. The summed E-state index contributed by atoms with van der Waals surface area (Å²) in [5.74, 6) is 0.803. The molecule has 1 rings (SSSR count). The van der Waals surface area contributed by atoms with Crippen LogP contribution in [0.1, 0.15) is 22.8 Å². The Morgan fingerprint density at radius 1 is 1.33 bits per heavy atom. The molecule has 2 heteroatoms. The average Bonchev–Trinajstić information content (AvgIpc) is 2.03. The maximum Gasteiger partial charge on any atom is 0.159 e. The van der Waals surface area contributed by atoms with Gasteiger partial charge in [-0.05, 0) is 37.6 Å². The maximum atomic E-state index is 11.0. The monoisotopic (exact) mass is 164 g/mol. The van der Waals surface area contributed by atoms with Crippen molar-refractivity contribution in [2.24, 2.45) is 0 Å². The van der Waals surface area contributed by atoms with Crippen LogP contribution < -0.4 is 4.74 Å². The Balaban J connectivity index is 3.15. The van der Waals surface area contributed by atoms with Crippen LogP contribution in [0, 0.1) is 6.92 Å². The van der Waals surface area contributed by atoms with E-state index in [1.165, 1.54) is 0 Å². The lowest BCUT2D eigenvalue weighted by Crippen LogP contribution is -1.94. The Morgan fingerprint density at radius 2 is 2.00 bits per heavy atom. The zero-order valence-corrected chi connectivity index (χ0v) is 7.55. The molecule has 0 unspecified atom stereocenters. The number of ether oxygens (including phenoxy) is 1. The van der Waals surface area contributed by atoms with Gasteiger partial charge in [0.15, 0.2) is 5.78 Å². The van der Waals surface area contributed by atoms with E-state index in [0.29, 0.717) is 5.56 Å². The van der Waals surface area contributed by atoms with Crippen molar-refractivity contribution in [2.75, 3.05) is 7.11 Å². The van der Waals surface area contributed by atoms with Crippen molar-refractivity contribution < 1.29 is 9.53 Å². The Morgan fingerprint density at radius 3 is 2.50 bits per heavy atom. The van der Waals surface area contributed by atoms with E-state index in [0.717, 1.165) is 11.3 Å². The van der Waals surface area contributed by atoms with Gasteiger partial charge in [0.2, 0.25) is 0 Å². The summed E-state index contributed by atoms with van der Waals surface area (Å²) in [7, 11) is 1.60. The lowest BCUT2D eigenvalue weighted by molar-refractivity contribution is 0.101. The van der Waals surface area contributed by atoms with Gasteiger partial charge in [-0.15, -0.1) is 0 Å². The van der Waals surface area contributed by atoms with Crippen LogP contribution in [0.3, 0.4) is 0 Å². The van der Waals surface area contributed by atoms with Crippen molar-refractivity contribution in [3.05, 3.63) is 29.3 Å². The molecule has 0 fully saturated rings. The minimum Gasteiger partial charge on any atom is -0.497 e. The molecule has 1 aromatic rings. The molecule has 0 aliphatic carbocycles. The fraction of sp³-hybridized carbons (Fsp3) is 0.300. The molecule has 0 heterocycles. The van der Waals surface area contributed by atoms with E-state index in [1.54, 1.807) is 20.1 Å². The number of Topliss-reactive ketones (excluding diaryl/α,β-unsaturated/α-hetero) is 1. The summed E-state index contributed by atoms with van der Waals surface area (Å²) in [4.78, 5) is 11.0. The molecule has 0 aromatic heterocycles. The lowest BCUT2D eigenvalue weighted by Gasteiger charge is -2.03. The SMILES string of the molecule is COc1cc(C)cc(C(C)=O)c1. The molecule has 0 aliphatic heterocycles. The van der Waals surface area contributed by atoms with Gasteiger partial charge < -0.3 is 4.74 Å². The van der Waals surface area contributed by atoms with Crippen LogP contribution in [0.2, 0.25) is 0 Å². The van der Waals surface area contributed by atoms with Gasteiger partial charge in [0.25, 0.3) is 0 Å². The van der Waals surface area contributed by atoms with Crippen LogP contribution >= 0.6 is 0 Å². The maximum absolute atomic E-state index is 11.0. The molecule has 0 saturated carbocycles. The molecule has 0 bridgehead atoms. The summed E-state index contributed by atoms with van der Waals surface area (Å²) in [6.07, 6.45) is 0. The van der Waals surface area contributed by atoms with Crippen molar-refractivity contribution in [2.45, 2.75) is 13.8 Å². The van der Waals surface area contributed by atoms with E-state index in [-0.39, 0.29) is 5.78 Å². The van der Waals surface area contributed by atoms with Gasteiger partial charge >= 0.3 is 0 Å². The molecule has 64 valence electrons. The standard InChI is InChI=1S/C10H12O2/c1-7-4-9(8(2)11)6-10(5-7)12-3/h4-6H,1-3H3. The fourth-order valence-electron chi connectivity index (χ4n) is 1.07. The number of benzene rings is 1. The normalized spacial score (nSPS) is 9.58. The number of aryl methyl sites for hydroxylation is 1. The fourth-order valence-corrected chi connectivity index (χ4v) is 1.07. The zero-order chi connectivity index (χ0) is 9.14. The molecule has 1 aromatic carbocycles. The average molecular weight is 164 g/mol. The summed E-state index contributed by atoms with van der Waals surface area (Å²) >= 11 is 0.